The number of carbonyl (C=O) groups excluding carboxylic acids is 2. The fraction of sp³-hybridized carbons (Fsp3) is 0.281. The first-order valence-corrected chi connectivity index (χ1v) is 15.9. The molecular formula is C32H33Cl7N4O5. The van der Waals surface area contributed by atoms with E-state index in [0.29, 0.717) is 42.9 Å². The molecule has 1 heterocycles. The molecule has 0 aliphatic carbocycles. The van der Waals surface area contributed by atoms with Crippen LogP contribution in [0.3, 0.4) is 0 Å². The van der Waals surface area contributed by atoms with Crippen LogP contribution in [0.5, 0.6) is 0 Å². The van der Waals surface area contributed by atoms with Crippen molar-refractivity contribution in [3.63, 3.8) is 0 Å². The number of amides is 1. The summed E-state index contributed by atoms with van der Waals surface area (Å²) in [6.45, 7) is 2.26. The van der Waals surface area contributed by atoms with Gasteiger partial charge in [0, 0.05) is 50.2 Å². The molecule has 0 saturated carbocycles. The minimum atomic E-state index is -0.682. The number of rotatable bonds is 13. The van der Waals surface area contributed by atoms with Crippen molar-refractivity contribution in [2.45, 2.75) is 39.0 Å². The van der Waals surface area contributed by atoms with Crippen LogP contribution in [-0.2, 0) is 38.8 Å². The average molecular weight is 802 g/mol. The number of nitrogens with zero attached hydrogens (tertiary/aromatic N) is 3. The van der Waals surface area contributed by atoms with Crippen molar-refractivity contribution in [1.29, 1.82) is 0 Å². The van der Waals surface area contributed by atoms with Gasteiger partial charge < -0.3 is 31.9 Å². The maximum atomic E-state index is 13.2. The van der Waals surface area contributed by atoms with Crippen LogP contribution in [0.15, 0.2) is 73.3 Å². The van der Waals surface area contributed by atoms with Gasteiger partial charge in [-0.3, -0.25) is 9.69 Å². The van der Waals surface area contributed by atoms with Crippen LogP contribution in [0, 0.1) is 0 Å². The van der Waals surface area contributed by atoms with Crippen molar-refractivity contribution in [1.82, 2.24) is 9.88 Å². The van der Waals surface area contributed by atoms with Crippen LogP contribution in [0.1, 0.15) is 35.9 Å². The van der Waals surface area contributed by atoms with Crippen LogP contribution >= 0.6 is 70.4 Å². The molecule has 16 heteroatoms. The average Bonchev–Trinajstić information content (AvgIpc) is 3.48. The molecule has 3 aromatic carbocycles. The van der Waals surface area contributed by atoms with Gasteiger partial charge in [0.15, 0.2) is 0 Å². The lowest BCUT2D eigenvalue weighted by Crippen LogP contribution is -3.00. The van der Waals surface area contributed by atoms with Crippen molar-refractivity contribution >= 4 is 88.2 Å². The predicted octanol–water partition coefficient (Wildman–Crippen LogP) is 5.48. The topological polar surface area (TPSA) is 85.9 Å². The quantitative estimate of drug-likeness (QED) is 0.143. The van der Waals surface area contributed by atoms with E-state index in [-0.39, 0.29) is 44.6 Å². The molecule has 4 aromatic rings. The smallest absolute Gasteiger partial charge is 0.417 e. The van der Waals surface area contributed by atoms with Crippen LogP contribution in [0.2, 0.25) is 25.1 Å². The van der Waals surface area contributed by atoms with Gasteiger partial charge >= 0.3 is 12.1 Å². The van der Waals surface area contributed by atoms with Crippen molar-refractivity contribution in [2.24, 2.45) is 0 Å². The van der Waals surface area contributed by atoms with Gasteiger partial charge in [0.05, 0.1) is 18.8 Å². The number of halogens is 7. The molecular weight excluding hydrogens is 769 g/mol. The highest BCUT2D eigenvalue weighted by atomic mass is 35.5. The van der Waals surface area contributed by atoms with Crippen molar-refractivity contribution < 1.29 is 40.8 Å². The third-order valence-corrected chi connectivity index (χ3v) is 8.48. The van der Waals surface area contributed by atoms with Gasteiger partial charge in [0.25, 0.3) is 0 Å². The number of hydrogen-bond acceptors (Lipinski definition) is 6. The fourth-order valence-corrected chi connectivity index (χ4v) is 5.71. The maximum Gasteiger partial charge on any atom is 0.417 e. The third-order valence-electron chi connectivity index (χ3n) is 6.97. The number of hydrogen-bond donors (Lipinski definition) is 1. The third kappa shape index (κ3) is 11.3. The van der Waals surface area contributed by atoms with Crippen molar-refractivity contribution in [2.75, 3.05) is 25.5 Å². The zero-order valence-electron chi connectivity index (χ0n) is 26.0. The van der Waals surface area contributed by atoms with E-state index in [1.54, 1.807) is 80.6 Å². The first-order chi connectivity index (χ1) is 22.0. The number of likely N-dealkylation sites (N-methyl/N-ethyl adjacent to an activating group) is 1. The van der Waals surface area contributed by atoms with Gasteiger partial charge in [0.2, 0.25) is 12.6 Å². The summed E-state index contributed by atoms with van der Waals surface area (Å²) in [6, 6.07) is 15.5. The summed E-state index contributed by atoms with van der Waals surface area (Å²) in [6.07, 6.45) is 3.60. The van der Waals surface area contributed by atoms with E-state index in [9.17, 15) is 9.59 Å². The molecule has 0 fully saturated rings. The van der Waals surface area contributed by atoms with Crippen molar-refractivity contribution in [3.05, 3.63) is 115 Å². The molecule has 1 amide bonds. The molecule has 9 nitrogen and oxygen atoms in total. The summed E-state index contributed by atoms with van der Waals surface area (Å²) in [5.41, 5.74) is 2.44. The summed E-state index contributed by atoms with van der Waals surface area (Å²) >= 11 is 31.5. The Morgan fingerprint density at radius 2 is 1.65 bits per heavy atom. The van der Waals surface area contributed by atoms with E-state index in [1.807, 2.05) is 22.9 Å². The van der Waals surface area contributed by atoms with Crippen LogP contribution in [0.25, 0.3) is 0 Å². The molecule has 48 heavy (non-hydrogen) atoms. The molecule has 0 aliphatic heterocycles. The Hall–Kier alpha value is -2.44. The number of anilines is 1. The first kappa shape index (κ1) is 41.7. The van der Waals surface area contributed by atoms with Gasteiger partial charge in [0.1, 0.15) is 31.6 Å². The second-order valence-electron chi connectivity index (χ2n) is 10.2. The number of carbonyl (C=O) groups is 2. The lowest BCUT2D eigenvalue weighted by molar-refractivity contribution is -0.705. The van der Waals surface area contributed by atoms with E-state index >= 15 is 0 Å². The Labute approximate surface area is 316 Å². The summed E-state index contributed by atoms with van der Waals surface area (Å²) in [5, 5.41) is 5.07. The Morgan fingerprint density at radius 3 is 2.31 bits per heavy atom. The van der Waals surface area contributed by atoms with Gasteiger partial charge in [-0.2, -0.15) is 4.57 Å². The monoisotopic (exact) mass is 798 g/mol. The first-order valence-electron chi connectivity index (χ1n) is 14.1. The second kappa shape index (κ2) is 19.7. The predicted molar refractivity (Wildman–Crippen MR) is 187 cm³/mol. The molecule has 0 radical (unpaired) electrons. The van der Waals surface area contributed by atoms with E-state index in [1.165, 1.54) is 4.90 Å². The molecule has 0 spiro atoms. The van der Waals surface area contributed by atoms with Gasteiger partial charge in [-0.25, -0.2) is 9.36 Å². The maximum absolute atomic E-state index is 13.2. The minimum absolute atomic E-state index is 0. The highest BCUT2D eigenvalue weighted by Crippen LogP contribution is 2.32. The summed E-state index contributed by atoms with van der Waals surface area (Å²) in [4.78, 5) is 26.4. The Balaban J connectivity index is 0.00000400. The fourth-order valence-electron chi connectivity index (χ4n) is 4.49. The lowest BCUT2D eigenvalue weighted by Gasteiger charge is -2.22. The van der Waals surface area contributed by atoms with E-state index < -0.39 is 24.4 Å². The summed E-state index contributed by atoms with van der Waals surface area (Å²) in [5.74, 6) is -0.451. The van der Waals surface area contributed by atoms with Gasteiger partial charge in [-0.05, 0) is 49.0 Å². The molecule has 4 rings (SSSR count). The lowest BCUT2D eigenvalue weighted by atomic mass is 10.1. The molecule has 0 aliphatic rings. The zero-order valence-corrected chi connectivity index (χ0v) is 31.3. The normalized spacial score (nSPS) is 11.9. The van der Waals surface area contributed by atoms with Crippen molar-refractivity contribution in [3.8, 4) is 0 Å². The number of esters is 1. The second-order valence-corrected chi connectivity index (χ2v) is 12.3. The summed E-state index contributed by atoms with van der Waals surface area (Å²) < 4.78 is 21.0. The molecule has 1 aromatic heterocycles. The zero-order chi connectivity index (χ0) is 33.4. The standard InChI is InChI=1S/C32H32Cl5N4O5.2ClH/c1-20(46-32(43)39(3)29-6-4-5-26(35)25(29)18-45-31(42)15-38-2)41-12-11-40(19-41)16-30(24-10-9-23(34)14-28(24)37)44-17-21-7-8-22(33)13-27(21)36;;/h4-14,19-20,30,38H,15-18H2,1-3H3;2*1H/q+1;;/p-1. The minimum Gasteiger partial charge on any atom is -1.00 e. The number of nitrogens with one attached hydrogen (secondary N) is 1. The molecule has 2 unspecified atom stereocenters. The van der Waals surface area contributed by atoms with E-state index in [0.717, 1.165) is 11.1 Å². The molecule has 0 bridgehead atoms. The number of aromatic nitrogens is 2. The van der Waals surface area contributed by atoms with Crippen LogP contribution < -0.4 is 27.2 Å². The van der Waals surface area contributed by atoms with E-state index in [4.69, 9.17) is 72.2 Å². The number of imidazole rings is 1. The Kier molecular flexibility index (Phi) is 17.1. The Morgan fingerprint density at radius 1 is 0.958 bits per heavy atom. The van der Waals surface area contributed by atoms with Gasteiger partial charge in [-0.1, -0.05) is 76.2 Å². The molecule has 260 valence electrons. The molecule has 2 atom stereocenters. The molecule has 0 saturated heterocycles. The van der Waals surface area contributed by atoms with Crippen LogP contribution in [-0.4, -0.2) is 37.3 Å². The van der Waals surface area contributed by atoms with E-state index in [2.05, 4.69) is 5.32 Å². The highest BCUT2D eigenvalue weighted by molar-refractivity contribution is 6.35. The van der Waals surface area contributed by atoms with Crippen LogP contribution in [0.4, 0.5) is 10.5 Å². The Bertz CT molecular complexity index is 1690. The number of benzene rings is 3. The summed E-state index contributed by atoms with van der Waals surface area (Å²) in [7, 11) is 3.19. The number of ether oxygens (including phenoxy) is 3. The SMILES string of the molecule is CNCC(=O)OCc1c(Cl)cccc1N(C)C(=O)OC(C)n1cc[n+](CC(OCc2ccc(Cl)cc2Cl)c2ccc(Cl)cc2Cl)c1.Cl.[Cl-]. The highest BCUT2D eigenvalue weighted by Gasteiger charge is 2.25. The van der Waals surface area contributed by atoms with Gasteiger partial charge in [-0.15, -0.1) is 12.4 Å². The molecule has 1 N–H and O–H groups in total. The largest absolute Gasteiger partial charge is 1.00 e.